The summed E-state index contributed by atoms with van der Waals surface area (Å²) in [6.45, 7) is 1.21. The molecule has 9 heteroatoms. The molecular weight excluding hydrogens is 400 g/mol. The number of aromatic nitrogens is 2. The van der Waals surface area contributed by atoms with Gasteiger partial charge in [-0.1, -0.05) is 17.7 Å². The van der Waals surface area contributed by atoms with Crippen LogP contribution in [0.15, 0.2) is 53.7 Å². The number of nitrogens with zero attached hydrogens (tertiary/aromatic N) is 3. The fourth-order valence-corrected chi connectivity index (χ4v) is 5.00. The summed E-state index contributed by atoms with van der Waals surface area (Å²) < 4.78 is 28.8. The van der Waals surface area contributed by atoms with Gasteiger partial charge < -0.3 is 9.72 Å². The van der Waals surface area contributed by atoms with E-state index in [-0.39, 0.29) is 22.0 Å². The Hall–Kier alpha value is -2.42. The highest BCUT2D eigenvalue weighted by Crippen LogP contribution is 2.25. The van der Waals surface area contributed by atoms with Crippen LogP contribution in [-0.2, 0) is 16.6 Å². The maximum absolute atomic E-state index is 12.7. The zero-order valence-corrected chi connectivity index (χ0v) is 16.6. The Bertz CT molecular complexity index is 1100. The van der Waals surface area contributed by atoms with Crippen molar-refractivity contribution in [1.82, 2.24) is 19.0 Å². The number of fused-ring (bicyclic) bond motifs is 1. The minimum Gasteiger partial charge on any atom is -0.346 e. The summed E-state index contributed by atoms with van der Waals surface area (Å²) in [6, 6.07) is 9.88. The third-order valence-electron chi connectivity index (χ3n) is 4.73. The molecule has 0 radical (unpaired) electrons. The number of hydrogen-bond acceptors (Lipinski definition) is 4. The molecule has 1 N–H and O–H groups in total. The van der Waals surface area contributed by atoms with Crippen LogP contribution in [-0.4, -0.2) is 41.1 Å². The van der Waals surface area contributed by atoms with Gasteiger partial charge in [0.15, 0.2) is 0 Å². The third kappa shape index (κ3) is 3.63. The van der Waals surface area contributed by atoms with Gasteiger partial charge in [0.2, 0.25) is 10.0 Å². The predicted molar refractivity (Wildman–Crippen MR) is 106 cm³/mol. The van der Waals surface area contributed by atoms with Gasteiger partial charge in [0, 0.05) is 25.5 Å². The number of nitrogens with one attached hydrogen (secondary N) is 1. The van der Waals surface area contributed by atoms with Gasteiger partial charge in [0.25, 0.3) is 5.91 Å². The molecular formula is C19H19ClN4O3S. The first-order chi connectivity index (χ1) is 13.4. The normalized spacial score (nSPS) is 15.2. The van der Waals surface area contributed by atoms with Crippen molar-refractivity contribution < 1.29 is 13.2 Å². The number of imidazole rings is 1. The van der Waals surface area contributed by atoms with Crippen molar-refractivity contribution in [3.8, 4) is 0 Å². The average Bonchev–Trinajstić information content (AvgIpc) is 3.36. The van der Waals surface area contributed by atoms with E-state index in [0.717, 1.165) is 18.5 Å². The molecule has 3 heterocycles. The van der Waals surface area contributed by atoms with E-state index < -0.39 is 15.9 Å². The van der Waals surface area contributed by atoms with Crippen molar-refractivity contribution in [2.24, 2.45) is 0 Å². The highest BCUT2D eigenvalue weighted by atomic mass is 35.5. The molecule has 28 heavy (non-hydrogen) atoms. The number of halogens is 1. The van der Waals surface area contributed by atoms with Crippen LogP contribution < -0.4 is 5.32 Å². The predicted octanol–water partition coefficient (Wildman–Crippen LogP) is 2.70. The Morgan fingerprint density at radius 2 is 1.96 bits per heavy atom. The Labute approximate surface area is 168 Å². The molecule has 1 amide bonds. The molecule has 1 aliphatic rings. The average molecular weight is 419 g/mol. The summed E-state index contributed by atoms with van der Waals surface area (Å²) >= 11 is 6.16. The minimum absolute atomic E-state index is 0.0803. The SMILES string of the molecule is O=C(NCc1cn2ccccc2n1)c1cc(S(=O)(=O)N2CCCC2)ccc1Cl. The third-order valence-corrected chi connectivity index (χ3v) is 6.95. The smallest absolute Gasteiger partial charge is 0.253 e. The summed E-state index contributed by atoms with van der Waals surface area (Å²) in [5.41, 5.74) is 1.60. The minimum atomic E-state index is -3.62. The second-order valence-corrected chi connectivity index (χ2v) is 8.98. The Balaban J connectivity index is 1.53. The lowest BCUT2D eigenvalue weighted by molar-refractivity contribution is 0.0950. The molecule has 1 saturated heterocycles. The monoisotopic (exact) mass is 418 g/mol. The van der Waals surface area contributed by atoms with Gasteiger partial charge in [-0.15, -0.1) is 0 Å². The molecule has 0 spiro atoms. The molecule has 3 aromatic rings. The summed E-state index contributed by atoms with van der Waals surface area (Å²) in [6.07, 6.45) is 5.39. The number of carbonyl (C=O) groups is 1. The molecule has 7 nitrogen and oxygen atoms in total. The van der Waals surface area contributed by atoms with E-state index in [1.807, 2.05) is 35.0 Å². The highest BCUT2D eigenvalue weighted by Gasteiger charge is 2.28. The van der Waals surface area contributed by atoms with Crippen molar-refractivity contribution in [2.45, 2.75) is 24.3 Å². The van der Waals surface area contributed by atoms with E-state index in [2.05, 4.69) is 10.3 Å². The maximum atomic E-state index is 12.7. The van der Waals surface area contributed by atoms with Crippen molar-refractivity contribution in [1.29, 1.82) is 0 Å². The largest absolute Gasteiger partial charge is 0.346 e. The lowest BCUT2D eigenvalue weighted by atomic mass is 10.2. The van der Waals surface area contributed by atoms with Gasteiger partial charge in [0.1, 0.15) is 5.65 Å². The summed E-state index contributed by atoms with van der Waals surface area (Å²) in [5.74, 6) is -0.444. The second kappa shape index (κ2) is 7.54. The van der Waals surface area contributed by atoms with Crippen LogP contribution in [0.4, 0.5) is 0 Å². The molecule has 0 bridgehead atoms. The molecule has 0 unspecified atom stereocenters. The van der Waals surface area contributed by atoms with E-state index in [1.54, 1.807) is 0 Å². The van der Waals surface area contributed by atoms with Gasteiger partial charge in [-0.3, -0.25) is 4.79 Å². The number of rotatable bonds is 5. The molecule has 146 valence electrons. The summed E-state index contributed by atoms with van der Waals surface area (Å²) in [4.78, 5) is 17.1. The Morgan fingerprint density at radius 3 is 2.71 bits per heavy atom. The number of amides is 1. The van der Waals surface area contributed by atoms with Crippen molar-refractivity contribution in [2.75, 3.05) is 13.1 Å². The van der Waals surface area contributed by atoms with Crippen LogP contribution in [0, 0.1) is 0 Å². The fraction of sp³-hybridized carbons (Fsp3) is 0.263. The van der Waals surface area contributed by atoms with E-state index in [0.29, 0.717) is 18.8 Å². The molecule has 1 aliphatic heterocycles. The quantitative estimate of drug-likeness (QED) is 0.690. The lowest BCUT2D eigenvalue weighted by Gasteiger charge is -2.16. The number of sulfonamides is 1. The van der Waals surface area contributed by atoms with Gasteiger partial charge in [-0.25, -0.2) is 13.4 Å². The van der Waals surface area contributed by atoms with Crippen LogP contribution in [0.1, 0.15) is 28.9 Å². The van der Waals surface area contributed by atoms with E-state index in [9.17, 15) is 13.2 Å². The first kappa shape index (κ1) is 18.9. The second-order valence-electron chi connectivity index (χ2n) is 6.63. The van der Waals surface area contributed by atoms with Crippen LogP contribution in [0.5, 0.6) is 0 Å². The van der Waals surface area contributed by atoms with Crippen LogP contribution in [0.3, 0.4) is 0 Å². The van der Waals surface area contributed by atoms with Crippen molar-refractivity contribution >= 4 is 33.2 Å². The van der Waals surface area contributed by atoms with E-state index in [4.69, 9.17) is 11.6 Å². The molecule has 0 saturated carbocycles. The zero-order chi connectivity index (χ0) is 19.7. The van der Waals surface area contributed by atoms with Crippen LogP contribution in [0.2, 0.25) is 5.02 Å². The Morgan fingerprint density at radius 1 is 1.18 bits per heavy atom. The summed E-state index contributed by atoms with van der Waals surface area (Å²) in [7, 11) is -3.62. The van der Waals surface area contributed by atoms with Gasteiger partial charge >= 0.3 is 0 Å². The number of carbonyl (C=O) groups excluding carboxylic acids is 1. The van der Waals surface area contributed by atoms with Crippen molar-refractivity contribution in [3.63, 3.8) is 0 Å². The molecule has 4 rings (SSSR count). The standard InChI is InChI=1S/C19H19ClN4O3S/c20-17-7-6-15(28(26,27)24-9-3-4-10-24)11-16(17)19(25)21-12-14-13-23-8-2-1-5-18(23)22-14/h1-2,5-8,11,13H,3-4,9-10,12H2,(H,21,25). The molecule has 0 atom stereocenters. The van der Waals surface area contributed by atoms with Gasteiger partial charge in [0.05, 0.1) is 27.7 Å². The highest BCUT2D eigenvalue weighted by molar-refractivity contribution is 7.89. The van der Waals surface area contributed by atoms with E-state index >= 15 is 0 Å². The summed E-state index contributed by atoms with van der Waals surface area (Å²) in [5, 5.41) is 2.96. The van der Waals surface area contributed by atoms with Crippen LogP contribution >= 0.6 is 11.6 Å². The number of benzene rings is 1. The van der Waals surface area contributed by atoms with Crippen LogP contribution in [0.25, 0.3) is 5.65 Å². The zero-order valence-electron chi connectivity index (χ0n) is 15.0. The molecule has 1 fully saturated rings. The molecule has 1 aromatic carbocycles. The van der Waals surface area contributed by atoms with E-state index in [1.165, 1.54) is 22.5 Å². The van der Waals surface area contributed by atoms with Gasteiger partial charge in [-0.05, 0) is 43.2 Å². The number of pyridine rings is 1. The fourth-order valence-electron chi connectivity index (χ4n) is 3.25. The topological polar surface area (TPSA) is 83.8 Å². The Kier molecular flexibility index (Phi) is 5.09. The number of hydrogen-bond donors (Lipinski definition) is 1. The first-order valence-electron chi connectivity index (χ1n) is 8.96. The molecule has 2 aromatic heterocycles. The maximum Gasteiger partial charge on any atom is 0.253 e. The van der Waals surface area contributed by atoms with Crippen molar-refractivity contribution in [3.05, 3.63) is 65.1 Å². The van der Waals surface area contributed by atoms with Gasteiger partial charge in [-0.2, -0.15) is 4.31 Å². The molecule has 0 aliphatic carbocycles. The lowest BCUT2D eigenvalue weighted by Crippen LogP contribution is -2.28. The first-order valence-corrected chi connectivity index (χ1v) is 10.8.